The van der Waals surface area contributed by atoms with Crippen LogP contribution in [0.4, 0.5) is 17.1 Å². The quantitative estimate of drug-likeness (QED) is 0.675. The van der Waals surface area contributed by atoms with Crippen LogP contribution in [0.5, 0.6) is 0 Å². The molecule has 0 radical (unpaired) electrons. The number of carbonyl (C=O) groups is 2. The number of anilines is 2. The van der Waals surface area contributed by atoms with E-state index in [4.69, 9.17) is 0 Å². The first kappa shape index (κ1) is 17.6. The topological polar surface area (TPSA) is 92.6 Å². The van der Waals surface area contributed by atoms with E-state index in [9.17, 15) is 19.7 Å². The Kier molecular flexibility index (Phi) is 4.71. The summed E-state index contributed by atoms with van der Waals surface area (Å²) in [6.07, 6.45) is 0.0827. The summed E-state index contributed by atoms with van der Waals surface area (Å²) in [5.41, 5.74) is 2.59. The van der Waals surface area contributed by atoms with Crippen LogP contribution in [0.3, 0.4) is 0 Å². The van der Waals surface area contributed by atoms with Crippen LogP contribution in [-0.4, -0.2) is 23.3 Å². The van der Waals surface area contributed by atoms with Crippen molar-refractivity contribution in [1.29, 1.82) is 0 Å². The number of hydrogen-bond acceptors (Lipinski definition) is 4. The molecule has 2 aromatic rings. The van der Waals surface area contributed by atoms with Crippen molar-refractivity contribution >= 4 is 28.9 Å². The van der Waals surface area contributed by atoms with E-state index in [2.05, 4.69) is 5.32 Å². The molecule has 134 valence electrons. The summed E-state index contributed by atoms with van der Waals surface area (Å²) in [5.74, 6) is -0.938. The highest BCUT2D eigenvalue weighted by Crippen LogP contribution is 2.30. The van der Waals surface area contributed by atoms with Gasteiger partial charge < -0.3 is 10.2 Å². The Bertz CT molecular complexity index is 894. The van der Waals surface area contributed by atoms with Gasteiger partial charge in [0.25, 0.3) is 5.69 Å². The van der Waals surface area contributed by atoms with Gasteiger partial charge in [0.05, 0.1) is 16.5 Å². The molecule has 2 amide bonds. The minimum atomic E-state index is -0.498. The third-order valence-electron chi connectivity index (χ3n) is 4.60. The Morgan fingerprint density at radius 3 is 2.62 bits per heavy atom. The van der Waals surface area contributed by atoms with E-state index in [-0.39, 0.29) is 30.5 Å². The fourth-order valence-electron chi connectivity index (χ4n) is 3.04. The Balaban J connectivity index is 1.76. The van der Waals surface area contributed by atoms with Gasteiger partial charge in [0.15, 0.2) is 0 Å². The van der Waals surface area contributed by atoms with E-state index in [0.717, 1.165) is 11.3 Å². The van der Waals surface area contributed by atoms with Crippen LogP contribution in [0.25, 0.3) is 0 Å². The molecule has 7 heteroatoms. The lowest BCUT2D eigenvalue weighted by Gasteiger charge is -2.17. The average molecular weight is 353 g/mol. The van der Waals surface area contributed by atoms with Crippen LogP contribution >= 0.6 is 0 Å². The van der Waals surface area contributed by atoms with Crippen LogP contribution in [0.1, 0.15) is 17.5 Å². The van der Waals surface area contributed by atoms with E-state index >= 15 is 0 Å². The van der Waals surface area contributed by atoms with Crippen molar-refractivity contribution in [3.63, 3.8) is 0 Å². The summed E-state index contributed by atoms with van der Waals surface area (Å²) >= 11 is 0. The fraction of sp³-hybridized carbons (Fsp3) is 0.263. The van der Waals surface area contributed by atoms with Gasteiger partial charge in [-0.2, -0.15) is 0 Å². The second-order valence-electron chi connectivity index (χ2n) is 6.44. The molecule has 0 bridgehead atoms. The summed E-state index contributed by atoms with van der Waals surface area (Å²) < 4.78 is 0. The highest BCUT2D eigenvalue weighted by molar-refractivity contribution is 6.03. The minimum absolute atomic E-state index is 0.0388. The molecule has 2 aromatic carbocycles. The predicted molar refractivity (Wildman–Crippen MR) is 98.1 cm³/mol. The number of benzene rings is 2. The molecule has 1 fully saturated rings. The monoisotopic (exact) mass is 353 g/mol. The molecule has 0 aromatic heterocycles. The fourth-order valence-corrected chi connectivity index (χ4v) is 3.04. The molecule has 0 aliphatic carbocycles. The maximum atomic E-state index is 12.5. The zero-order valence-electron chi connectivity index (χ0n) is 14.6. The molecule has 7 nitrogen and oxygen atoms in total. The summed E-state index contributed by atoms with van der Waals surface area (Å²) in [5, 5.41) is 14.0. The predicted octanol–water partition coefficient (Wildman–Crippen LogP) is 3.20. The van der Waals surface area contributed by atoms with E-state index in [1.807, 2.05) is 31.2 Å². The molecule has 0 saturated carbocycles. The SMILES string of the molecule is Cc1ccccc1NC(=O)[C@H]1CC(=O)N(c2ccc(C)c([N+](=O)[O-])c2)C1. The number of nitro benzene ring substituents is 1. The van der Waals surface area contributed by atoms with Crippen LogP contribution in [0.15, 0.2) is 42.5 Å². The second-order valence-corrected chi connectivity index (χ2v) is 6.44. The van der Waals surface area contributed by atoms with Crippen LogP contribution in [0.2, 0.25) is 0 Å². The summed E-state index contributed by atoms with van der Waals surface area (Å²) in [6.45, 7) is 3.75. The third kappa shape index (κ3) is 3.42. The lowest BCUT2D eigenvalue weighted by atomic mass is 10.1. The molecule has 1 aliphatic rings. The Morgan fingerprint density at radius 1 is 1.19 bits per heavy atom. The van der Waals surface area contributed by atoms with E-state index < -0.39 is 10.8 Å². The molecule has 1 atom stereocenters. The maximum Gasteiger partial charge on any atom is 0.274 e. The number of rotatable bonds is 4. The summed E-state index contributed by atoms with van der Waals surface area (Å²) in [7, 11) is 0. The van der Waals surface area contributed by atoms with E-state index in [1.54, 1.807) is 19.1 Å². The number of carbonyl (C=O) groups excluding carboxylic acids is 2. The van der Waals surface area contributed by atoms with Gasteiger partial charge in [0, 0.05) is 30.3 Å². The van der Waals surface area contributed by atoms with Gasteiger partial charge >= 0.3 is 0 Å². The lowest BCUT2D eigenvalue weighted by molar-refractivity contribution is -0.385. The normalized spacial score (nSPS) is 16.6. The van der Waals surface area contributed by atoms with E-state index in [0.29, 0.717) is 11.3 Å². The zero-order valence-corrected chi connectivity index (χ0v) is 14.6. The van der Waals surface area contributed by atoms with Crippen LogP contribution in [-0.2, 0) is 9.59 Å². The molecule has 1 heterocycles. The number of nitro groups is 1. The molecule has 3 rings (SSSR count). The van der Waals surface area contributed by atoms with Crippen molar-refractivity contribution in [2.75, 3.05) is 16.8 Å². The smallest absolute Gasteiger partial charge is 0.274 e. The molecule has 1 saturated heterocycles. The summed E-state index contributed by atoms with van der Waals surface area (Å²) in [4.78, 5) is 37.0. The van der Waals surface area contributed by atoms with Crippen molar-refractivity contribution in [3.8, 4) is 0 Å². The van der Waals surface area contributed by atoms with Crippen molar-refractivity contribution in [1.82, 2.24) is 0 Å². The van der Waals surface area contributed by atoms with Crippen LogP contribution < -0.4 is 10.2 Å². The molecular weight excluding hydrogens is 334 g/mol. The molecule has 1 aliphatic heterocycles. The standard InChI is InChI=1S/C19H19N3O4/c1-12-5-3-4-6-16(12)20-19(24)14-9-18(23)21(11-14)15-8-7-13(2)17(10-15)22(25)26/h3-8,10,14H,9,11H2,1-2H3,(H,20,24)/t14-/m0/s1. The minimum Gasteiger partial charge on any atom is -0.326 e. The van der Waals surface area contributed by atoms with Gasteiger partial charge in [-0.3, -0.25) is 19.7 Å². The molecule has 1 N–H and O–H groups in total. The number of hydrogen-bond donors (Lipinski definition) is 1. The molecule has 0 spiro atoms. The first-order valence-corrected chi connectivity index (χ1v) is 8.28. The molecular formula is C19H19N3O4. The van der Waals surface area contributed by atoms with Gasteiger partial charge in [-0.15, -0.1) is 0 Å². The highest BCUT2D eigenvalue weighted by atomic mass is 16.6. The number of para-hydroxylation sites is 1. The number of nitrogens with zero attached hydrogens (tertiary/aromatic N) is 2. The highest BCUT2D eigenvalue weighted by Gasteiger charge is 2.35. The van der Waals surface area contributed by atoms with Gasteiger partial charge in [-0.05, 0) is 31.5 Å². The van der Waals surface area contributed by atoms with Gasteiger partial charge in [0.2, 0.25) is 11.8 Å². The third-order valence-corrected chi connectivity index (χ3v) is 4.60. The molecule has 0 unspecified atom stereocenters. The first-order valence-electron chi connectivity index (χ1n) is 8.28. The lowest BCUT2D eigenvalue weighted by Crippen LogP contribution is -2.28. The largest absolute Gasteiger partial charge is 0.326 e. The van der Waals surface area contributed by atoms with Gasteiger partial charge in [-0.1, -0.05) is 24.3 Å². The first-order chi connectivity index (χ1) is 12.4. The number of nitrogens with one attached hydrogen (secondary N) is 1. The van der Waals surface area contributed by atoms with Crippen molar-refractivity contribution in [2.45, 2.75) is 20.3 Å². The molecule has 26 heavy (non-hydrogen) atoms. The Labute approximate surface area is 150 Å². The van der Waals surface area contributed by atoms with Crippen molar-refractivity contribution < 1.29 is 14.5 Å². The zero-order chi connectivity index (χ0) is 18.8. The van der Waals surface area contributed by atoms with Crippen molar-refractivity contribution in [3.05, 3.63) is 63.7 Å². The Hall–Kier alpha value is -3.22. The average Bonchev–Trinajstić information content (AvgIpc) is 2.99. The second kappa shape index (κ2) is 6.95. The van der Waals surface area contributed by atoms with Crippen molar-refractivity contribution in [2.24, 2.45) is 5.92 Å². The van der Waals surface area contributed by atoms with Gasteiger partial charge in [0.1, 0.15) is 0 Å². The number of aryl methyl sites for hydroxylation is 2. The van der Waals surface area contributed by atoms with Gasteiger partial charge in [-0.25, -0.2) is 0 Å². The van der Waals surface area contributed by atoms with Crippen LogP contribution in [0, 0.1) is 29.9 Å². The Morgan fingerprint density at radius 2 is 1.92 bits per heavy atom. The number of amides is 2. The van der Waals surface area contributed by atoms with E-state index in [1.165, 1.54) is 11.0 Å². The maximum absolute atomic E-state index is 12.5. The summed E-state index contributed by atoms with van der Waals surface area (Å²) in [6, 6.07) is 12.1.